The second kappa shape index (κ2) is 5.77. The van der Waals surface area contributed by atoms with Crippen molar-refractivity contribution in [3.63, 3.8) is 0 Å². The van der Waals surface area contributed by atoms with Gasteiger partial charge in [0.2, 0.25) is 0 Å². The molecule has 0 spiro atoms. The molecule has 1 N–H and O–H groups in total. The number of nitrogens with one attached hydrogen (secondary N) is 1. The monoisotopic (exact) mass is 236 g/mol. The molecule has 0 amide bonds. The Bertz CT molecular complexity index is 407. The Hall–Kier alpha value is -1.20. The molecule has 0 fully saturated rings. The van der Waals surface area contributed by atoms with Crippen LogP contribution >= 0.6 is 11.3 Å². The predicted octanol–water partition coefficient (Wildman–Crippen LogP) is 2.04. The lowest BCUT2D eigenvalue weighted by molar-refractivity contribution is 0.549. The Morgan fingerprint density at radius 1 is 1.38 bits per heavy atom. The van der Waals surface area contributed by atoms with Crippen molar-refractivity contribution in [3.8, 4) is 0 Å². The van der Waals surface area contributed by atoms with E-state index < -0.39 is 0 Å². The molecule has 0 atom stereocenters. The summed E-state index contributed by atoms with van der Waals surface area (Å²) < 4.78 is 2.05. The standard InChI is InChI=1S/C11H16N4S/c1-2-6-15-10(3-4-14-15)8-12-9-11-13-5-7-16-11/h3-5,7,12H,2,6,8-9H2,1H3. The molecule has 86 valence electrons. The van der Waals surface area contributed by atoms with Gasteiger partial charge in [0.05, 0.1) is 5.69 Å². The molecule has 2 aromatic heterocycles. The van der Waals surface area contributed by atoms with E-state index in [-0.39, 0.29) is 0 Å². The van der Waals surface area contributed by atoms with Crippen LogP contribution in [-0.4, -0.2) is 14.8 Å². The predicted molar refractivity (Wildman–Crippen MR) is 65.2 cm³/mol. The molecule has 0 saturated heterocycles. The van der Waals surface area contributed by atoms with E-state index in [0.717, 1.165) is 31.1 Å². The Balaban J connectivity index is 1.82. The summed E-state index contributed by atoms with van der Waals surface area (Å²) in [5.74, 6) is 0. The van der Waals surface area contributed by atoms with Crippen LogP contribution in [0.1, 0.15) is 24.0 Å². The molecule has 0 aliphatic rings. The average Bonchev–Trinajstić information content (AvgIpc) is 2.91. The molecule has 0 unspecified atom stereocenters. The highest BCUT2D eigenvalue weighted by atomic mass is 32.1. The van der Waals surface area contributed by atoms with Gasteiger partial charge in [0.15, 0.2) is 0 Å². The minimum Gasteiger partial charge on any atom is -0.305 e. The number of hydrogen-bond acceptors (Lipinski definition) is 4. The summed E-state index contributed by atoms with van der Waals surface area (Å²) in [6.07, 6.45) is 4.81. The van der Waals surface area contributed by atoms with Crippen molar-refractivity contribution in [2.24, 2.45) is 0 Å². The molecule has 2 heterocycles. The molecule has 16 heavy (non-hydrogen) atoms. The fourth-order valence-corrected chi connectivity index (χ4v) is 2.15. The first kappa shape index (κ1) is 11.3. The van der Waals surface area contributed by atoms with Gasteiger partial charge in [-0.2, -0.15) is 5.10 Å². The van der Waals surface area contributed by atoms with Crippen LogP contribution < -0.4 is 5.32 Å². The topological polar surface area (TPSA) is 42.7 Å². The third-order valence-corrected chi connectivity index (χ3v) is 3.09. The second-order valence-electron chi connectivity index (χ2n) is 3.58. The van der Waals surface area contributed by atoms with Gasteiger partial charge >= 0.3 is 0 Å². The molecule has 4 nitrogen and oxygen atoms in total. The highest BCUT2D eigenvalue weighted by molar-refractivity contribution is 7.09. The van der Waals surface area contributed by atoms with Crippen molar-refractivity contribution in [1.82, 2.24) is 20.1 Å². The molecule has 0 aliphatic heterocycles. The van der Waals surface area contributed by atoms with E-state index in [1.54, 1.807) is 11.3 Å². The van der Waals surface area contributed by atoms with Crippen molar-refractivity contribution in [2.45, 2.75) is 33.0 Å². The fraction of sp³-hybridized carbons (Fsp3) is 0.455. The van der Waals surface area contributed by atoms with Gasteiger partial charge in [-0.25, -0.2) is 4.98 Å². The third-order valence-electron chi connectivity index (χ3n) is 2.31. The summed E-state index contributed by atoms with van der Waals surface area (Å²) in [6, 6.07) is 2.06. The first-order chi connectivity index (χ1) is 7.90. The highest BCUT2D eigenvalue weighted by Gasteiger charge is 2.01. The highest BCUT2D eigenvalue weighted by Crippen LogP contribution is 2.04. The van der Waals surface area contributed by atoms with Crippen LogP contribution in [0.4, 0.5) is 0 Å². The van der Waals surface area contributed by atoms with Gasteiger partial charge in [0, 0.05) is 37.4 Å². The number of aryl methyl sites for hydroxylation is 1. The lowest BCUT2D eigenvalue weighted by atomic mass is 10.4. The number of thiazole rings is 1. The van der Waals surface area contributed by atoms with Crippen molar-refractivity contribution in [1.29, 1.82) is 0 Å². The normalized spacial score (nSPS) is 10.8. The molecule has 0 aromatic carbocycles. The molecule has 5 heteroatoms. The summed E-state index contributed by atoms with van der Waals surface area (Å²) in [5.41, 5.74) is 1.23. The molecular weight excluding hydrogens is 220 g/mol. The van der Waals surface area contributed by atoms with Crippen molar-refractivity contribution in [3.05, 3.63) is 34.5 Å². The summed E-state index contributed by atoms with van der Waals surface area (Å²) in [4.78, 5) is 4.23. The van der Waals surface area contributed by atoms with E-state index in [9.17, 15) is 0 Å². The van der Waals surface area contributed by atoms with Gasteiger partial charge in [-0.05, 0) is 12.5 Å². The summed E-state index contributed by atoms with van der Waals surface area (Å²) >= 11 is 1.68. The zero-order valence-electron chi connectivity index (χ0n) is 9.39. The largest absolute Gasteiger partial charge is 0.305 e. The van der Waals surface area contributed by atoms with E-state index in [1.165, 1.54) is 5.69 Å². The van der Waals surface area contributed by atoms with Crippen molar-refractivity contribution in [2.75, 3.05) is 0 Å². The molecule has 0 bridgehead atoms. The minimum absolute atomic E-state index is 0.828. The van der Waals surface area contributed by atoms with Crippen LogP contribution in [0.5, 0.6) is 0 Å². The number of aromatic nitrogens is 3. The van der Waals surface area contributed by atoms with Crippen LogP contribution in [0, 0.1) is 0 Å². The van der Waals surface area contributed by atoms with Crippen LogP contribution in [0.3, 0.4) is 0 Å². The van der Waals surface area contributed by atoms with Gasteiger partial charge in [-0.15, -0.1) is 11.3 Å². The SMILES string of the molecule is CCCn1nccc1CNCc1nccs1. The molecule has 0 saturated carbocycles. The number of nitrogens with zero attached hydrogens (tertiary/aromatic N) is 3. The van der Waals surface area contributed by atoms with Crippen LogP contribution in [0.25, 0.3) is 0 Å². The zero-order chi connectivity index (χ0) is 11.2. The Labute approximate surface area is 99.3 Å². The Kier molecular flexibility index (Phi) is 4.07. The van der Waals surface area contributed by atoms with Crippen LogP contribution in [-0.2, 0) is 19.6 Å². The minimum atomic E-state index is 0.828. The maximum Gasteiger partial charge on any atom is 0.106 e. The van der Waals surface area contributed by atoms with Crippen molar-refractivity contribution < 1.29 is 0 Å². The van der Waals surface area contributed by atoms with Gasteiger partial charge in [-0.3, -0.25) is 4.68 Å². The maximum absolute atomic E-state index is 4.29. The van der Waals surface area contributed by atoms with Gasteiger partial charge in [0.1, 0.15) is 5.01 Å². The molecule has 2 rings (SSSR count). The second-order valence-corrected chi connectivity index (χ2v) is 4.55. The maximum atomic E-state index is 4.29. The molecular formula is C11H16N4S. The molecule has 0 aliphatic carbocycles. The fourth-order valence-electron chi connectivity index (χ4n) is 1.56. The molecule has 2 aromatic rings. The summed E-state index contributed by atoms with van der Waals surface area (Å²) in [6.45, 7) is 4.82. The zero-order valence-corrected chi connectivity index (χ0v) is 10.2. The summed E-state index contributed by atoms with van der Waals surface area (Å²) in [5, 5.41) is 10.8. The average molecular weight is 236 g/mol. The van der Waals surface area contributed by atoms with Gasteiger partial charge < -0.3 is 5.32 Å². The smallest absolute Gasteiger partial charge is 0.106 e. The number of hydrogen-bond donors (Lipinski definition) is 1. The van der Waals surface area contributed by atoms with Gasteiger partial charge in [0.25, 0.3) is 0 Å². The lowest BCUT2D eigenvalue weighted by Crippen LogP contribution is -2.16. The quantitative estimate of drug-likeness (QED) is 0.834. The Morgan fingerprint density at radius 2 is 2.31 bits per heavy atom. The van der Waals surface area contributed by atoms with Crippen LogP contribution in [0.15, 0.2) is 23.8 Å². The first-order valence-corrected chi connectivity index (χ1v) is 6.38. The van der Waals surface area contributed by atoms with Crippen LogP contribution in [0.2, 0.25) is 0 Å². The molecule has 0 radical (unpaired) electrons. The lowest BCUT2D eigenvalue weighted by Gasteiger charge is -2.06. The summed E-state index contributed by atoms with van der Waals surface area (Å²) in [7, 11) is 0. The van der Waals surface area contributed by atoms with Gasteiger partial charge in [-0.1, -0.05) is 6.92 Å². The van der Waals surface area contributed by atoms with Crippen molar-refractivity contribution >= 4 is 11.3 Å². The van der Waals surface area contributed by atoms with E-state index >= 15 is 0 Å². The Morgan fingerprint density at radius 3 is 3.06 bits per heavy atom. The first-order valence-electron chi connectivity index (χ1n) is 5.50. The number of rotatable bonds is 6. The van der Waals surface area contributed by atoms with E-state index in [2.05, 4.69) is 33.1 Å². The third kappa shape index (κ3) is 2.90. The van der Waals surface area contributed by atoms with E-state index in [0.29, 0.717) is 0 Å². The van der Waals surface area contributed by atoms with E-state index in [4.69, 9.17) is 0 Å². The van der Waals surface area contributed by atoms with E-state index in [1.807, 2.05) is 17.8 Å².